The Kier molecular flexibility index (Phi) is 3.60. The fourth-order valence-corrected chi connectivity index (χ4v) is 1.91. The summed E-state index contributed by atoms with van der Waals surface area (Å²) in [6.45, 7) is 1.74. The van der Waals surface area contributed by atoms with Gasteiger partial charge in [0.05, 0.1) is 12.7 Å². The van der Waals surface area contributed by atoms with Crippen LogP contribution in [0.3, 0.4) is 0 Å². The molecular formula is C15H12F2O2. The molecule has 2 aromatic carbocycles. The van der Waals surface area contributed by atoms with E-state index >= 15 is 0 Å². The molecule has 0 amide bonds. The molecule has 0 bridgehead atoms. The van der Waals surface area contributed by atoms with Crippen molar-refractivity contribution < 1.29 is 18.3 Å². The average Bonchev–Trinajstić information content (AvgIpc) is 2.37. The van der Waals surface area contributed by atoms with Crippen LogP contribution >= 0.6 is 0 Å². The van der Waals surface area contributed by atoms with E-state index in [1.165, 1.54) is 31.4 Å². The SMILES string of the molecule is COC(=O)c1ccc(-c2ccc(F)cc2C)cc1F. The molecule has 98 valence electrons. The van der Waals surface area contributed by atoms with Gasteiger partial charge in [0.2, 0.25) is 0 Å². The molecule has 4 heteroatoms. The van der Waals surface area contributed by atoms with Crippen molar-refractivity contribution in [3.63, 3.8) is 0 Å². The standard InChI is InChI=1S/C15H12F2O2/c1-9-7-11(16)4-6-12(9)10-3-5-13(14(17)8-10)15(18)19-2/h3-8H,1-2H3. The van der Waals surface area contributed by atoms with Crippen molar-refractivity contribution in [2.24, 2.45) is 0 Å². The first-order chi connectivity index (χ1) is 9.02. The Morgan fingerprint density at radius 3 is 2.42 bits per heavy atom. The van der Waals surface area contributed by atoms with Crippen molar-refractivity contribution in [1.29, 1.82) is 0 Å². The van der Waals surface area contributed by atoms with E-state index in [9.17, 15) is 13.6 Å². The number of carbonyl (C=O) groups is 1. The van der Waals surface area contributed by atoms with Crippen LogP contribution in [0, 0.1) is 18.6 Å². The van der Waals surface area contributed by atoms with Crippen LogP contribution in [0.4, 0.5) is 8.78 Å². The molecule has 0 saturated carbocycles. The predicted octanol–water partition coefficient (Wildman–Crippen LogP) is 3.73. The molecule has 0 radical (unpaired) electrons. The van der Waals surface area contributed by atoms with Gasteiger partial charge in [-0.05, 0) is 47.9 Å². The molecule has 0 atom stereocenters. The summed E-state index contributed by atoms with van der Waals surface area (Å²) in [6, 6.07) is 8.48. The fourth-order valence-electron chi connectivity index (χ4n) is 1.91. The summed E-state index contributed by atoms with van der Waals surface area (Å²) >= 11 is 0. The first kappa shape index (κ1) is 13.2. The van der Waals surface area contributed by atoms with Crippen LogP contribution in [-0.4, -0.2) is 13.1 Å². The minimum absolute atomic E-state index is 0.119. The van der Waals surface area contributed by atoms with E-state index < -0.39 is 11.8 Å². The van der Waals surface area contributed by atoms with E-state index in [0.717, 1.165) is 5.56 Å². The molecule has 0 spiro atoms. The van der Waals surface area contributed by atoms with Crippen molar-refractivity contribution in [2.75, 3.05) is 7.11 Å². The maximum atomic E-state index is 13.8. The number of ether oxygens (including phenoxy) is 1. The van der Waals surface area contributed by atoms with Crippen LogP contribution in [0.1, 0.15) is 15.9 Å². The predicted molar refractivity (Wildman–Crippen MR) is 67.9 cm³/mol. The van der Waals surface area contributed by atoms with E-state index in [1.54, 1.807) is 19.1 Å². The lowest BCUT2D eigenvalue weighted by molar-refractivity contribution is 0.0595. The Bertz CT molecular complexity index is 636. The van der Waals surface area contributed by atoms with Crippen LogP contribution in [-0.2, 0) is 4.74 Å². The molecule has 0 aliphatic carbocycles. The average molecular weight is 262 g/mol. The summed E-state index contributed by atoms with van der Waals surface area (Å²) in [6.07, 6.45) is 0. The highest BCUT2D eigenvalue weighted by atomic mass is 19.1. The van der Waals surface area contributed by atoms with Crippen molar-refractivity contribution in [2.45, 2.75) is 6.92 Å². The van der Waals surface area contributed by atoms with Gasteiger partial charge in [-0.3, -0.25) is 0 Å². The summed E-state index contributed by atoms with van der Waals surface area (Å²) in [4.78, 5) is 11.3. The third-order valence-corrected chi connectivity index (χ3v) is 2.87. The second-order valence-corrected chi connectivity index (χ2v) is 4.15. The van der Waals surface area contributed by atoms with Gasteiger partial charge in [-0.15, -0.1) is 0 Å². The third-order valence-electron chi connectivity index (χ3n) is 2.87. The minimum Gasteiger partial charge on any atom is -0.465 e. The smallest absolute Gasteiger partial charge is 0.340 e. The summed E-state index contributed by atoms with van der Waals surface area (Å²) < 4.78 is 31.3. The van der Waals surface area contributed by atoms with Gasteiger partial charge in [0.25, 0.3) is 0 Å². The van der Waals surface area contributed by atoms with Gasteiger partial charge in [0.15, 0.2) is 0 Å². The van der Waals surface area contributed by atoms with E-state index in [4.69, 9.17) is 0 Å². The van der Waals surface area contributed by atoms with Crippen LogP contribution in [0.25, 0.3) is 11.1 Å². The zero-order valence-electron chi connectivity index (χ0n) is 10.5. The number of benzene rings is 2. The van der Waals surface area contributed by atoms with E-state index in [1.807, 2.05) is 0 Å². The first-order valence-electron chi connectivity index (χ1n) is 5.67. The molecule has 0 N–H and O–H groups in total. The summed E-state index contributed by atoms with van der Waals surface area (Å²) in [5.74, 6) is -1.72. The largest absolute Gasteiger partial charge is 0.465 e. The molecule has 2 rings (SSSR count). The Balaban J connectivity index is 2.47. The monoisotopic (exact) mass is 262 g/mol. The summed E-state index contributed by atoms with van der Waals surface area (Å²) in [5, 5.41) is 0. The number of esters is 1. The third kappa shape index (κ3) is 2.62. The van der Waals surface area contributed by atoms with Crippen molar-refractivity contribution in [1.82, 2.24) is 0 Å². The highest BCUT2D eigenvalue weighted by Gasteiger charge is 2.13. The molecule has 0 aliphatic heterocycles. The molecule has 0 aromatic heterocycles. The molecule has 0 saturated heterocycles. The second kappa shape index (κ2) is 5.18. The van der Waals surface area contributed by atoms with Gasteiger partial charge in [0.1, 0.15) is 11.6 Å². The maximum Gasteiger partial charge on any atom is 0.340 e. The van der Waals surface area contributed by atoms with Gasteiger partial charge >= 0.3 is 5.97 Å². The number of methoxy groups -OCH3 is 1. The normalized spacial score (nSPS) is 10.3. The number of carbonyl (C=O) groups excluding carboxylic acids is 1. The van der Waals surface area contributed by atoms with Crippen molar-refractivity contribution >= 4 is 5.97 Å². The van der Waals surface area contributed by atoms with Gasteiger partial charge < -0.3 is 4.74 Å². The lowest BCUT2D eigenvalue weighted by Gasteiger charge is -2.08. The lowest BCUT2D eigenvalue weighted by Crippen LogP contribution is -2.04. The number of aryl methyl sites for hydroxylation is 1. The summed E-state index contributed by atoms with van der Waals surface area (Å²) in [5.41, 5.74) is 1.88. The zero-order chi connectivity index (χ0) is 14.0. The highest BCUT2D eigenvalue weighted by Crippen LogP contribution is 2.26. The number of hydrogen-bond acceptors (Lipinski definition) is 2. The molecule has 0 unspecified atom stereocenters. The lowest BCUT2D eigenvalue weighted by atomic mass is 9.99. The highest BCUT2D eigenvalue weighted by molar-refractivity contribution is 5.90. The number of rotatable bonds is 2. The maximum absolute atomic E-state index is 13.8. The zero-order valence-corrected chi connectivity index (χ0v) is 10.5. The van der Waals surface area contributed by atoms with Gasteiger partial charge in [-0.1, -0.05) is 12.1 Å². The number of hydrogen-bond donors (Lipinski definition) is 0. The number of halogens is 2. The Labute approximate surface area is 109 Å². The van der Waals surface area contributed by atoms with Crippen molar-refractivity contribution in [3.8, 4) is 11.1 Å². The first-order valence-corrected chi connectivity index (χ1v) is 5.67. The van der Waals surface area contributed by atoms with E-state index in [2.05, 4.69) is 4.74 Å². The second-order valence-electron chi connectivity index (χ2n) is 4.15. The van der Waals surface area contributed by atoms with Crippen LogP contribution in [0.5, 0.6) is 0 Å². The van der Waals surface area contributed by atoms with E-state index in [0.29, 0.717) is 11.1 Å². The quantitative estimate of drug-likeness (QED) is 0.771. The molecular weight excluding hydrogens is 250 g/mol. The minimum atomic E-state index is -0.722. The Hall–Kier alpha value is -2.23. The Morgan fingerprint density at radius 1 is 1.11 bits per heavy atom. The van der Waals surface area contributed by atoms with Gasteiger partial charge in [-0.25, -0.2) is 13.6 Å². The molecule has 0 aliphatic rings. The van der Waals surface area contributed by atoms with Crippen molar-refractivity contribution in [3.05, 3.63) is 59.2 Å². The van der Waals surface area contributed by atoms with Crippen LogP contribution < -0.4 is 0 Å². The fraction of sp³-hybridized carbons (Fsp3) is 0.133. The topological polar surface area (TPSA) is 26.3 Å². The molecule has 2 aromatic rings. The Morgan fingerprint density at radius 2 is 1.84 bits per heavy atom. The summed E-state index contributed by atoms with van der Waals surface area (Å²) in [7, 11) is 1.19. The molecule has 2 nitrogen and oxygen atoms in total. The molecule has 0 fully saturated rings. The van der Waals surface area contributed by atoms with Gasteiger partial charge in [0, 0.05) is 0 Å². The van der Waals surface area contributed by atoms with Crippen LogP contribution in [0.15, 0.2) is 36.4 Å². The molecule has 19 heavy (non-hydrogen) atoms. The van der Waals surface area contributed by atoms with Crippen LogP contribution in [0.2, 0.25) is 0 Å². The van der Waals surface area contributed by atoms with E-state index in [-0.39, 0.29) is 11.4 Å². The van der Waals surface area contributed by atoms with Gasteiger partial charge in [-0.2, -0.15) is 0 Å². The molecule has 0 heterocycles.